The second-order valence-corrected chi connectivity index (χ2v) is 9.36. The van der Waals surface area contributed by atoms with E-state index in [1.807, 2.05) is 19.9 Å². The molecule has 0 amide bonds. The highest BCUT2D eigenvalue weighted by Crippen LogP contribution is 2.20. The van der Waals surface area contributed by atoms with Crippen LogP contribution in [0.15, 0.2) is 18.2 Å². The molecule has 0 aliphatic heterocycles. The predicted octanol–water partition coefficient (Wildman–Crippen LogP) is 3.68. The highest BCUT2D eigenvalue weighted by atomic mass is 16.5. The second kappa shape index (κ2) is 14.1. The molecule has 0 radical (unpaired) electrons. The van der Waals surface area contributed by atoms with Gasteiger partial charge >= 0.3 is 5.97 Å². The Morgan fingerprint density at radius 2 is 1.89 bits per heavy atom. The van der Waals surface area contributed by atoms with E-state index in [1.54, 1.807) is 7.11 Å². The number of ether oxygens (including phenoxy) is 2. The predicted molar refractivity (Wildman–Crippen MR) is 138 cm³/mol. The van der Waals surface area contributed by atoms with E-state index in [2.05, 4.69) is 32.3 Å². The molecule has 0 saturated heterocycles. The summed E-state index contributed by atoms with van der Waals surface area (Å²) in [5.41, 5.74) is 4.82. The smallest absolute Gasteiger partial charge is 0.328 e. The van der Waals surface area contributed by atoms with Crippen molar-refractivity contribution in [2.24, 2.45) is 0 Å². The molecule has 3 rings (SSSR count). The van der Waals surface area contributed by atoms with Crippen LogP contribution < -0.4 is 5.32 Å². The third-order valence-corrected chi connectivity index (χ3v) is 6.51. The lowest BCUT2D eigenvalue weighted by molar-refractivity contribution is -0.141. The number of nitrogens with one attached hydrogen (secondary N) is 1. The number of hydrogen-bond donors (Lipinski definition) is 1. The molecule has 1 aliphatic carbocycles. The molecule has 192 valence electrons. The Morgan fingerprint density at radius 1 is 1.06 bits per heavy atom. The highest BCUT2D eigenvalue weighted by molar-refractivity contribution is 5.78. The highest BCUT2D eigenvalue weighted by Gasteiger charge is 2.21. The number of aryl methyl sites for hydroxylation is 5. The summed E-state index contributed by atoms with van der Waals surface area (Å²) in [4.78, 5) is 28.4. The van der Waals surface area contributed by atoms with Crippen LogP contribution in [0.25, 0.3) is 0 Å². The maximum atomic E-state index is 12.5. The minimum absolute atomic E-state index is 0.288. The molecule has 35 heavy (non-hydrogen) atoms. The van der Waals surface area contributed by atoms with E-state index in [1.165, 1.54) is 43.3 Å². The van der Waals surface area contributed by atoms with Crippen LogP contribution in [0.1, 0.15) is 60.6 Å². The maximum Gasteiger partial charge on any atom is 0.328 e. The number of carbonyl (C=O) groups excluding carboxylic acids is 1. The standard InChI is InChI=1S/C27H41N5O3/c1-20-19-26(29-21(2)28-20)31-25(27(33)35-4)14-16-32(17-18-34-3)15-8-7-10-23-13-12-22-9-5-6-11-24(22)30-23/h12-13,19,25H,5-11,14-18H2,1-4H3,(H,28,29,31)/t25-/m0/s1. The average molecular weight is 484 g/mol. The van der Waals surface area contributed by atoms with Crippen LogP contribution in [-0.2, 0) is 33.5 Å². The summed E-state index contributed by atoms with van der Waals surface area (Å²) in [5.74, 6) is 1.03. The van der Waals surface area contributed by atoms with E-state index >= 15 is 0 Å². The molecule has 0 aromatic carbocycles. The molecule has 2 aromatic heterocycles. The molecule has 2 heterocycles. The Balaban J connectivity index is 1.50. The first-order chi connectivity index (χ1) is 17.0. The van der Waals surface area contributed by atoms with Crippen molar-refractivity contribution in [3.05, 3.63) is 46.7 Å². The molecule has 0 saturated carbocycles. The van der Waals surface area contributed by atoms with Crippen LogP contribution >= 0.6 is 0 Å². The third-order valence-electron chi connectivity index (χ3n) is 6.51. The van der Waals surface area contributed by atoms with Gasteiger partial charge in [-0.2, -0.15) is 0 Å². The molecule has 0 bridgehead atoms. The van der Waals surface area contributed by atoms with Gasteiger partial charge in [-0.05, 0) is 83.4 Å². The third kappa shape index (κ3) is 8.85. The number of aromatic nitrogens is 3. The number of nitrogens with zero attached hydrogens (tertiary/aromatic N) is 4. The van der Waals surface area contributed by atoms with E-state index in [-0.39, 0.29) is 5.97 Å². The first kappa shape index (κ1) is 27.0. The van der Waals surface area contributed by atoms with E-state index < -0.39 is 6.04 Å². The van der Waals surface area contributed by atoms with Crippen molar-refractivity contribution in [1.82, 2.24) is 19.9 Å². The fraction of sp³-hybridized carbons (Fsp3) is 0.630. The fourth-order valence-corrected chi connectivity index (χ4v) is 4.64. The average Bonchev–Trinajstić information content (AvgIpc) is 2.85. The van der Waals surface area contributed by atoms with Crippen molar-refractivity contribution in [2.75, 3.05) is 45.8 Å². The zero-order valence-corrected chi connectivity index (χ0v) is 21.8. The normalized spacial score (nSPS) is 14.0. The van der Waals surface area contributed by atoms with Gasteiger partial charge in [-0.15, -0.1) is 0 Å². The molecular weight excluding hydrogens is 442 g/mol. The minimum Gasteiger partial charge on any atom is -0.467 e. The number of fused-ring (bicyclic) bond motifs is 1. The van der Waals surface area contributed by atoms with Crippen molar-refractivity contribution in [3.63, 3.8) is 0 Å². The number of hydrogen-bond acceptors (Lipinski definition) is 8. The van der Waals surface area contributed by atoms with E-state index in [4.69, 9.17) is 14.5 Å². The summed E-state index contributed by atoms with van der Waals surface area (Å²) >= 11 is 0. The number of anilines is 1. The topological polar surface area (TPSA) is 89.5 Å². The molecule has 0 unspecified atom stereocenters. The zero-order chi connectivity index (χ0) is 25.0. The van der Waals surface area contributed by atoms with Gasteiger partial charge in [0.2, 0.25) is 0 Å². The van der Waals surface area contributed by atoms with Gasteiger partial charge in [0.05, 0.1) is 13.7 Å². The number of esters is 1. The largest absolute Gasteiger partial charge is 0.467 e. The molecule has 2 aromatic rings. The quantitative estimate of drug-likeness (QED) is 0.322. The monoisotopic (exact) mass is 483 g/mol. The minimum atomic E-state index is -0.474. The summed E-state index contributed by atoms with van der Waals surface area (Å²) < 4.78 is 10.4. The summed E-state index contributed by atoms with van der Waals surface area (Å²) in [7, 11) is 3.14. The summed E-state index contributed by atoms with van der Waals surface area (Å²) in [6.45, 7) is 6.96. The van der Waals surface area contributed by atoms with E-state index in [0.717, 1.165) is 51.0 Å². The Morgan fingerprint density at radius 3 is 2.66 bits per heavy atom. The number of carbonyl (C=O) groups is 1. The van der Waals surface area contributed by atoms with Gasteiger partial charge < -0.3 is 19.7 Å². The lowest BCUT2D eigenvalue weighted by Gasteiger charge is -2.25. The number of methoxy groups -OCH3 is 2. The van der Waals surface area contributed by atoms with E-state index in [9.17, 15) is 4.79 Å². The number of rotatable bonds is 14. The Hall–Kier alpha value is -2.58. The molecule has 8 heteroatoms. The number of unbranched alkanes of at least 4 members (excludes halogenated alkanes) is 1. The van der Waals surface area contributed by atoms with Crippen LogP contribution in [-0.4, -0.2) is 72.3 Å². The number of pyridine rings is 1. The van der Waals surface area contributed by atoms with Crippen molar-refractivity contribution in [2.45, 2.75) is 71.3 Å². The van der Waals surface area contributed by atoms with Crippen molar-refractivity contribution < 1.29 is 14.3 Å². The molecule has 0 fully saturated rings. The van der Waals surface area contributed by atoms with Crippen LogP contribution in [0.5, 0.6) is 0 Å². The fourth-order valence-electron chi connectivity index (χ4n) is 4.64. The first-order valence-corrected chi connectivity index (χ1v) is 12.8. The first-order valence-electron chi connectivity index (χ1n) is 12.8. The molecular formula is C27H41N5O3. The van der Waals surface area contributed by atoms with Crippen molar-refractivity contribution in [1.29, 1.82) is 0 Å². The molecule has 1 N–H and O–H groups in total. The summed E-state index contributed by atoms with van der Waals surface area (Å²) in [6, 6.07) is 5.86. The van der Waals surface area contributed by atoms with Gasteiger partial charge in [-0.3, -0.25) is 4.98 Å². The second-order valence-electron chi connectivity index (χ2n) is 9.36. The van der Waals surface area contributed by atoms with Gasteiger partial charge in [0.25, 0.3) is 0 Å². The Kier molecular flexibility index (Phi) is 10.9. The SMILES string of the molecule is COCCN(CCCCc1ccc2c(n1)CCCC2)CC[C@H](Nc1cc(C)nc(C)n1)C(=O)OC. The summed E-state index contributed by atoms with van der Waals surface area (Å²) in [5, 5.41) is 3.24. The van der Waals surface area contributed by atoms with Crippen LogP contribution in [0, 0.1) is 13.8 Å². The van der Waals surface area contributed by atoms with Gasteiger partial charge in [-0.1, -0.05) is 6.07 Å². The lowest BCUT2D eigenvalue weighted by atomic mass is 9.95. The van der Waals surface area contributed by atoms with Gasteiger partial charge in [0.1, 0.15) is 17.7 Å². The zero-order valence-electron chi connectivity index (χ0n) is 21.8. The Bertz CT molecular complexity index is 932. The lowest BCUT2D eigenvalue weighted by Crippen LogP contribution is -2.37. The molecule has 0 spiro atoms. The van der Waals surface area contributed by atoms with Gasteiger partial charge in [-0.25, -0.2) is 14.8 Å². The van der Waals surface area contributed by atoms with Crippen LogP contribution in [0.4, 0.5) is 5.82 Å². The van der Waals surface area contributed by atoms with Crippen LogP contribution in [0.2, 0.25) is 0 Å². The van der Waals surface area contributed by atoms with Gasteiger partial charge in [0.15, 0.2) is 0 Å². The van der Waals surface area contributed by atoms with E-state index in [0.29, 0.717) is 24.7 Å². The van der Waals surface area contributed by atoms with Crippen molar-refractivity contribution >= 4 is 11.8 Å². The molecule has 1 atom stereocenters. The summed E-state index contributed by atoms with van der Waals surface area (Å²) in [6.07, 6.45) is 8.63. The van der Waals surface area contributed by atoms with Gasteiger partial charge in [0, 0.05) is 43.3 Å². The van der Waals surface area contributed by atoms with Crippen molar-refractivity contribution in [3.8, 4) is 0 Å². The van der Waals surface area contributed by atoms with Crippen LogP contribution in [0.3, 0.4) is 0 Å². The Labute approximate surface area is 209 Å². The molecule has 1 aliphatic rings. The molecule has 8 nitrogen and oxygen atoms in total. The maximum absolute atomic E-state index is 12.5.